The highest BCUT2D eigenvalue weighted by Crippen LogP contribution is 2.32. The predicted molar refractivity (Wildman–Crippen MR) is 105 cm³/mol. The Bertz CT molecular complexity index is 805. The highest BCUT2D eigenvalue weighted by molar-refractivity contribution is 5.97. The molecule has 6 nitrogen and oxygen atoms in total. The van der Waals surface area contributed by atoms with Crippen molar-refractivity contribution in [3.63, 3.8) is 0 Å². The zero-order chi connectivity index (χ0) is 19.2. The van der Waals surface area contributed by atoms with E-state index in [0.717, 1.165) is 25.1 Å². The van der Waals surface area contributed by atoms with Crippen molar-refractivity contribution >= 4 is 17.5 Å². The zero-order valence-electron chi connectivity index (χ0n) is 15.7. The molecule has 2 aromatic carbocycles. The number of nitrogens with zero attached hydrogens (tertiary/aromatic N) is 1. The van der Waals surface area contributed by atoms with Crippen LogP contribution in [0.2, 0.25) is 0 Å². The van der Waals surface area contributed by atoms with E-state index >= 15 is 0 Å². The second-order valence-electron chi connectivity index (χ2n) is 6.61. The minimum absolute atomic E-state index is 0.0792. The van der Waals surface area contributed by atoms with E-state index in [0.29, 0.717) is 17.8 Å². The van der Waals surface area contributed by atoms with Gasteiger partial charge in [0, 0.05) is 24.3 Å². The summed E-state index contributed by atoms with van der Waals surface area (Å²) in [6.07, 6.45) is 2.10. The molecule has 0 spiro atoms. The van der Waals surface area contributed by atoms with Crippen LogP contribution >= 0.6 is 0 Å². The first-order valence-electron chi connectivity index (χ1n) is 9.10. The summed E-state index contributed by atoms with van der Waals surface area (Å²) in [5.74, 6) is 0.576. The highest BCUT2D eigenvalue weighted by atomic mass is 16.5. The van der Waals surface area contributed by atoms with E-state index < -0.39 is 0 Å². The van der Waals surface area contributed by atoms with Gasteiger partial charge in [0.2, 0.25) is 5.91 Å². The maximum Gasteiger partial charge on any atom is 0.251 e. The van der Waals surface area contributed by atoms with Gasteiger partial charge in [-0.3, -0.25) is 14.5 Å². The molecule has 1 aliphatic heterocycles. The smallest absolute Gasteiger partial charge is 0.251 e. The third kappa shape index (κ3) is 4.65. The summed E-state index contributed by atoms with van der Waals surface area (Å²) >= 11 is 0. The number of anilines is 1. The molecule has 2 amide bonds. The molecule has 3 rings (SSSR count). The van der Waals surface area contributed by atoms with E-state index in [-0.39, 0.29) is 17.9 Å². The molecule has 0 saturated carbocycles. The van der Waals surface area contributed by atoms with Crippen LogP contribution in [0.15, 0.2) is 48.5 Å². The summed E-state index contributed by atoms with van der Waals surface area (Å²) in [4.78, 5) is 26.5. The molecular formula is C21H25N3O3. The number of methoxy groups -OCH3 is 1. The van der Waals surface area contributed by atoms with Gasteiger partial charge in [0.1, 0.15) is 5.75 Å². The lowest BCUT2D eigenvalue weighted by atomic mass is 10.0. The number of benzene rings is 2. The topological polar surface area (TPSA) is 70.7 Å². The Kier molecular flexibility index (Phi) is 6.08. The summed E-state index contributed by atoms with van der Waals surface area (Å²) in [7, 11) is 3.24. The first kappa shape index (κ1) is 18.9. The summed E-state index contributed by atoms with van der Waals surface area (Å²) in [6.45, 7) is 1.21. The van der Waals surface area contributed by atoms with Crippen LogP contribution in [0.25, 0.3) is 0 Å². The molecule has 0 aromatic heterocycles. The largest absolute Gasteiger partial charge is 0.497 e. The normalized spacial score (nSPS) is 16.7. The fraction of sp³-hybridized carbons (Fsp3) is 0.333. The van der Waals surface area contributed by atoms with Crippen LogP contribution in [-0.4, -0.2) is 44.0 Å². The Morgan fingerprint density at radius 3 is 2.67 bits per heavy atom. The fourth-order valence-electron chi connectivity index (χ4n) is 3.49. The molecule has 1 atom stereocenters. The molecule has 0 radical (unpaired) electrons. The number of rotatable bonds is 6. The van der Waals surface area contributed by atoms with Crippen molar-refractivity contribution in [3.8, 4) is 5.75 Å². The van der Waals surface area contributed by atoms with Crippen molar-refractivity contribution in [1.29, 1.82) is 0 Å². The minimum atomic E-state index is -0.176. The van der Waals surface area contributed by atoms with Gasteiger partial charge >= 0.3 is 0 Å². The maximum atomic E-state index is 12.5. The first-order chi connectivity index (χ1) is 13.1. The fourth-order valence-corrected chi connectivity index (χ4v) is 3.49. The quantitative estimate of drug-likeness (QED) is 0.824. The van der Waals surface area contributed by atoms with Gasteiger partial charge in [-0.15, -0.1) is 0 Å². The lowest BCUT2D eigenvalue weighted by Crippen LogP contribution is -2.33. The number of ether oxygens (including phenoxy) is 1. The molecule has 1 saturated heterocycles. The van der Waals surface area contributed by atoms with Crippen LogP contribution in [0, 0.1) is 0 Å². The van der Waals surface area contributed by atoms with Crippen molar-refractivity contribution in [2.75, 3.05) is 32.6 Å². The van der Waals surface area contributed by atoms with Crippen molar-refractivity contribution in [2.45, 2.75) is 18.9 Å². The molecule has 0 aliphatic carbocycles. The lowest BCUT2D eigenvalue weighted by molar-refractivity contribution is -0.117. The molecule has 1 aliphatic rings. The SMILES string of the molecule is CNC(=O)c1cccc(NC(=O)CN2CCCC2c2ccc(OC)cc2)c1. The van der Waals surface area contributed by atoms with Crippen LogP contribution in [-0.2, 0) is 4.79 Å². The average Bonchev–Trinajstić information content (AvgIpc) is 3.15. The molecule has 0 bridgehead atoms. The number of likely N-dealkylation sites (tertiary alicyclic amines) is 1. The average molecular weight is 367 g/mol. The van der Waals surface area contributed by atoms with Gasteiger partial charge in [-0.1, -0.05) is 18.2 Å². The van der Waals surface area contributed by atoms with Gasteiger partial charge in [-0.05, 0) is 55.3 Å². The maximum absolute atomic E-state index is 12.5. The molecule has 27 heavy (non-hydrogen) atoms. The van der Waals surface area contributed by atoms with Crippen LogP contribution in [0.5, 0.6) is 5.75 Å². The van der Waals surface area contributed by atoms with Gasteiger partial charge < -0.3 is 15.4 Å². The Labute approximate surface area is 159 Å². The number of hydrogen-bond acceptors (Lipinski definition) is 4. The lowest BCUT2D eigenvalue weighted by Gasteiger charge is -2.24. The van der Waals surface area contributed by atoms with E-state index in [1.54, 1.807) is 38.4 Å². The van der Waals surface area contributed by atoms with Crippen LogP contribution in [0.1, 0.15) is 34.8 Å². The summed E-state index contributed by atoms with van der Waals surface area (Å²) < 4.78 is 5.22. The standard InChI is InChI=1S/C21H25N3O3/c1-22-21(26)16-5-3-6-17(13-16)23-20(25)14-24-12-4-7-19(24)15-8-10-18(27-2)11-9-15/h3,5-6,8-11,13,19H,4,7,12,14H2,1-2H3,(H,22,26)(H,23,25). The second-order valence-corrected chi connectivity index (χ2v) is 6.61. The van der Waals surface area contributed by atoms with Gasteiger partial charge in [0.05, 0.1) is 13.7 Å². The Morgan fingerprint density at radius 2 is 1.96 bits per heavy atom. The monoisotopic (exact) mass is 367 g/mol. The molecule has 2 N–H and O–H groups in total. The molecule has 6 heteroatoms. The number of nitrogens with one attached hydrogen (secondary N) is 2. The van der Waals surface area contributed by atoms with E-state index in [9.17, 15) is 9.59 Å². The first-order valence-corrected chi connectivity index (χ1v) is 9.10. The van der Waals surface area contributed by atoms with Crippen LogP contribution < -0.4 is 15.4 Å². The summed E-state index contributed by atoms with van der Waals surface area (Å²) in [5.41, 5.74) is 2.34. The molecule has 2 aromatic rings. The van der Waals surface area contributed by atoms with E-state index in [1.165, 1.54) is 5.56 Å². The molecule has 1 unspecified atom stereocenters. The van der Waals surface area contributed by atoms with E-state index in [1.807, 2.05) is 12.1 Å². The van der Waals surface area contributed by atoms with Gasteiger partial charge in [0.25, 0.3) is 5.91 Å². The summed E-state index contributed by atoms with van der Waals surface area (Å²) in [5, 5.41) is 5.48. The van der Waals surface area contributed by atoms with Gasteiger partial charge in [-0.2, -0.15) is 0 Å². The zero-order valence-corrected chi connectivity index (χ0v) is 15.7. The number of carbonyl (C=O) groups is 2. The number of amides is 2. The number of carbonyl (C=O) groups excluding carboxylic acids is 2. The van der Waals surface area contributed by atoms with Gasteiger partial charge in [-0.25, -0.2) is 0 Å². The van der Waals surface area contributed by atoms with Crippen molar-refractivity contribution in [3.05, 3.63) is 59.7 Å². The number of hydrogen-bond donors (Lipinski definition) is 2. The highest BCUT2D eigenvalue weighted by Gasteiger charge is 2.27. The summed E-state index contributed by atoms with van der Waals surface area (Å²) in [6, 6.07) is 15.2. The van der Waals surface area contributed by atoms with Crippen molar-refractivity contribution in [1.82, 2.24) is 10.2 Å². The van der Waals surface area contributed by atoms with Crippen molar-refractivity contribution in [2.24, 2.45) is 0 Å². The Balaban J connectivity index is 1.63. The Hall–Kier alpha value is -2.86. The molecule has 1 heterocycles. The molecule has 142 valence electrons. The minimum Gasteiger partial charge on any atom is -0.497 e. The van der Waals surface area contributed by atoms with Crippen molar-refractivity contribution < 1.29 is 14.3 Å². The van der Waals surface area contributed by atoms with Gasteiger partial charge in [0.15, 0.2) is 0 Å². The van der Waals surface area contributed by atoms with E-state index in [4.69, 9.17) is 4.74 Å². The molecule has 1 fully saturated rings. The molecular weight excluding hydrogens is 342 g/mol. The predicted octanol–water partition coefficient (Wildman–Crippen LogP) is 2.83. The second kappa shape index (κ2) is 8.68. The Morgan fingerprint density at radius 1 is 1.19 bits per heavy atom. The van der Waals surface area contributed by atoms with Crippen LogP contribution in [0.4, 0.5) is 5.69 Å². The van der Waals surface area contributed by atoms with E-state index in [2.05, 4.69) is 27.7 Å². The van der Waals surface area contributed by atoms with Crippen LogP contribution in [0.3, 0.4) is 0 Å². The third-order valence-corrected chi connectivity index (χ3v) is 4.85. The third-order valence-electron chi connectivity index (χ3n) is 4.85.